The van der Waals surface area contributed by atoms with Crippen LogP contribution in [-0.2, 0) is 0 Å². The Morgan fingerprint density at radius 1 is 1.35 bits per heavy atom. The fourth-order valence-electron chi connectivity index (χ4n) is 1.35. The molecule has 0 aliphatic heterocycles. The maximum Gasteiger partial charge on any atom is 0.254 e. The fourth-order valence-corrected chi connectivity index (χ4v) is 1.48. The van der Waals surface area contributed by atoms with E-state index < -0.39 is 5.91 Å². The van der Waals surface area contributed by atoms with E-state index in [1.54, 1.807) is 30.5 Å². The number of anilines is 2. The summed E-state index contributed by atoms with van der Waals surface area (Å²) in [5, 5.41) is 4.59. The van der Waals surface area contributed by atoms with Gasteiger partial charge in [-0.25, -0.2) is 10.4 Å². The first-order valence-electron chi connectivity index (χ1n) is 5.53. The highest BCUT2D eigenvalue weighted by molar-refractivity contribution is 6.30. The number of hydrogen-bond donors (Lipinski definition) is 3. The predicted octanol–water partition coefficient (Wildman–Crippen LogP) is 1.26. The normalized spacial score (nSPS) is 10.7. The van der Waals surface area contributed by atoms with Crippen LogP contribution < -0.4 is 16.9 Å². The van der Waals surface area contributed by atoms with Crippen molar-refractivity contribution >= 4 is 35.5 Å². The summed E-state index contributed by atoms with van der Waals surface area (Å²) >= 11 is 5.77. The van der Waals surface area contributed by atoms with Crippen LogP contribution >= 0.6 is 11.6 Å². The van der Waals surface area contributed by atoms with Gasteiger partial charge in [0.05, 0.1) is 11.8 Å². The van der Waals surface area contributed by atoms with Gasteiger partial charge in [-0.1, -0.05) is 23.7 Å². The van der Waals surface area contributed by atoms with Gasteiger partial charge in [0.2, 0.25) is 5.95 Å². The van der Waals surface area contributed by atoms with Crippen molar-refractivity contribution in [3.63, 3.8) is 0 Å². The number of nitrogens with zero attached hydrogens (tertiary/aromatic N) is 3. The number of hydrogen-bond acceptors (Lipinski definition) is 6. The maximum absolute atomic E-state index is 11.0. The van der Waals surface area contributed by atoms with E-state index in [9.17, 15) is 4.79 Å². The number of rotatable bonds is 4. The van der Waals surface area contributed by atoms with Crippen LogP contribution in [0.1, 0.15) is 15.9 Å². The summed E-state index contributed by atoms with van der Waals surface area (Å²) in [6, 6.07) is 7.11. The maximum atomic E-state index is 11.0. The van der Waals surface area contributed by atoms with Gasteiger partial charge in [-0.05, 0) is 17.7 Å². The molecule has 5 N–H and O–H groups in total. The van der Waals surface area contributed by atoms with Gasteiger partial charge in [0.15, 0.2) is 0 Å². The summed E-state index contributed by atoms with van der Waals surface area (Å²) in [5.74, 6) is -0.520. The molecule has 1 heterocycles. The van der Waals surface area contributed by atoms with E-state index in [-0.39, 0.29) is 17.3 Å². The summed E-state index contributed by atoms with van der Waals surface area (Å²) in [6.45, 7) is 0. The summed E-state index contributed by atoms with van der Waals surface area (Å²) < 4.78 is 0. The van der Waals surface area contributed by atoms with E-state index in [0.29, 0.717) is 5.02 Å². The van der Waals surface area contributed by atoms with Gasteiger partial charge < -0.3 is 11.5 Å². The number of halogens is 1. The van der Waals surface area contributed by atoms with E-state index >= 15 is 0 Å². The lowest BCUT2D eigenvalue weighted by Crippen LogP contribution is -2.15. The number of nitrogens with two attached hydrogens (primary N) is 2. The number of carbonyl (C=O) groups is 1. The second kappa shape index (κ2) is 5.98. The van der Waals surface area contributed by atoms with Crippen LogP contribution in [0.3, 0.4) is 0 Å². The standard InChI is InChI=1S/C12H11ClN6O/c13-8-3-1-7(2-4-8)5-17-19-12-16-6-9(11(15)20)10(14)18-12/h1-6H,(H2,15,20)(H3,14,16,18,19)/b17-5+. The first-order valence-corrected chi connectivity index (χ1v) is 5.91. The molecule has 20 heavy (non-hydrogen) atoms. The smallest absolute Gasteiger partial charge is 0.254 e. The molecule has 1 amide bonds. The molecule has 0 saturated heterocycles. The van der Waals surface area contributed by atoms with Crippen LogP contribution in [0.15, 0.2) is 35.6 Å². The summed E-state index contributed by atoms with van der Waals surface area (Å²) in [5.41, 5.74) is 14.2. The first-order chi connectivity index (χ1) is 9.56. The molecular weight excluding hydrogens is 280 g/mol. The molecule has 2 rings (SSSR count). The third-order valence-corrected chi connectivity index (χ3v) is 2.58. The second-order valence-electron chi connectivity index (χ2n) is 3.78. The van der Waals surface area contributed by atoms with Crippen molar-refractivity contribution in [3.05, 3.63) is 46.6 Å². The third-order valence-electron chi connectivity index (χ3n) is 2.33. The number of nitrogen functional groups attached to an aromatic ring is 1. The van der Waals surface area contributed by atoms with Crippen molar-refractivity contribution in [2.75, 3.05) is 11.2 Å². The van der Waals surface area contributed by atoms with Crippen LogP contribution in [0.5, 0.6) is 0 Å². The minimum Gasteiger partial charge on any atom is -0.383 e. The molecule has 0 aliphatic carbocycles. The van der Waals surface area contributed by atoms with Crippen LogP contribution in [0.4, 0.5) is 11.8 Å². The number of primary amides is 1. The molecule has 1 aromatic carbocycles. The molecule has 0 saturated carbocycles. The number of carbonyl (C=O) groups excluding carboxylic acids is 1. The van der Waals surface area contributed by atoms with Crippen LogP contribution in [0, 0.1) is 0 Å². The van der Waals surface area contributed by atoms with E-state index in [4.69, 9.17) is 23.1 Å². The lowest BCUT2D eigenvalue weighted by atomic mass is 10.2. The fraction of sp³-hybridized carbons (Fsp3) is 0. The average Bonchev–Trinajstić information content (AvgIpc) is 2.41. The zero-order valence-corrected chi connectivity index (χ0v) is 11.0. The van der Waals surface area contributed by atoms with Crippen LogP contribution in [-0.4, -0.2) is 22.1 Å². The van der Waals surface area contributed by atoms with Crippen molar-refractivity contribution in [3.8, 4) is 0 Å². The van der Waals surface area contributed by atoms with Gasteiger partial charge in [0.25, 0.3) is 5.91 Å². The topological polar surface area (TPSA) is 119 Å². The van der Waals surface area contributed by atoms with Gasteiger partial charge in [0, 0.05) is 11.2 Å². The van der Waals surface area contributed by atoms with Crippen LogP contribution in [0.2, 0.25) is 5.02 Å². The quantitative estimate of drug-likeness (QED) is 0.578. The predicted molar refractivity (Wildman–Crippen MR) is 77.6 cm³/mol. The molecule has 8 heteroatoms. The minimum absolute atomic E-state index is 0.00306. The minimum atomic E-state index is -0.682. The number of aromatic nitrogens is 2. The Kier molecular flexibility index (Phi) is 4.11. The van der Waals surface area contributed by atoms with Gasteiger partial charge in [-0.15, -0.1) is 0 Å². The molecule has 0 radical (unpaired) electrons. The summed E-state index contributed by atoms with van der Waals surface area (Å²) in [7, 11) is 0. The van der Waals surface area contributed by atoms with E-state index in [2.05, 4.69) is 20.5 Å². The van der Waals surface area contributed by atoms with Gasteiger partial charge in [-0.2, -0.15) is 10.1 Å². The van der Waals surface area contributed by atoms with Crippen molar-refractivity contribution in [1.29, 1.82) is 0 Å². The molecule has 7 nitrogen and oxygen atoms in total. The second-order valence-corrected chi connectivity index (χ2v) is 4.21. The Bertz CT molecular complexity index is 655. The molecule has 102 valence electrons. The number of benzene rings is 1. The van der Waals surface area contributed by atoms with Crippen molar-refractivity contribution in [2.45, 2.75) is 0 Å². The molecule has 0 bridgehead atoms. The monoisotopic (exact) mass is 290 g/mol. The third kappa shape index (κ3) is 3.42. The highest BCUT2D eigenvalue weighted by Crippen LogP contribution is 2.10. The molecule has 0 fully saturated rings. The molecule has 0 aliphatic rings. The lowest BCUT2D eigenvalue weighted by molar-refractivity contribution is 0.100. The molecule has 0 unspecified atom stereocenters. The van der Waals surface area contributed by atoms with E-state index in [0.717, 1.165) is 5.56 Å². The average molecular weight is 291 g/mol. The molecule has 0 atom stereocenters. The highest BCUT2D eigenvalue weighted by atomic mass is 35.5. The summed E-state index contributed by atoms with van der Waals surface area (Å²) in [4.78, 5) is 18.7. The Morgan fingerprint density at radius 2 is 2.05 bits per heavy atom. The zero-order valence-electron chi connectivity index (χ0n) is 10.2. The van der Waals surface area contributed by atoms with Gasteiger partial charge in [0.1, 0.15) is 5.82 Å². The Labute approximate surface area is 119 Å². The van der Waals surface area contributed by atoms with Gasteiger partial charge >= 0.3 is 0 Å². The Morgan fingerprint density at radius 3 is 2.65 bits per heavy atom. The van der Waals surface area contributed by atoms with Crippen molar-refractivity contribution in [2.24, 2.45) is 10.8 Å². The summed E-state index contributed by atoms with van der Waals surface area (Å²) in [6.07, 6.45) is 2.81. The lowest BCUT2D eigenvalue weighted by Gasteiger charge is -2.02. The van der Waals surface area contributed by atoms with Crippen molar-refractivity contribution in [1.82, 2.24) is 9.97 Å². The largest absolute Gasteiger partial charge is 0.383 e. The molecular formula is C12H11ClN6O. The zero-order chi connectivity index (χ0) is 14.5. The van der Waals surface area contributed by atoms with E-state index in [1.165, 1.54) is 6.20 Å². The molecule has 1 aromatic heterocycles. The SMILES string of the molecule is NC(=O)c1cnc(N/N=C/c2ccc(Cl)cc2)nc1N. The Balaban J connectivity index is 2.05. The molecule has 2 aromatic rings. The first kappa shape index (κ1) is 13.8. The van der Waals surface area contributed by atoms with Crippen LogP contribution in [0.25, 0.3) is 0 Å². The van der Waals surface area contributed by atoms with Gasteiger partial charge in [-0.3, -0.25) is 4.79 Å². The number of hydrazone groups is 1. The number of amides is 1. The highest BCUT2D eigenvalue weighted by Gasteiger charge is 2.08. The van der Waals surface area contributed by atoms with Crippen molar-refractivity contribution < 1.29 is 4.79 Å². The molecule has 0 spiro atoms. The Hall–Kier alpha value is -2.67. The number of nitrogens with one attached hydrogen (secondary N) is 1. The van der Waals surface area contributed by atoms with E-state index in [1.807, 2.05) is 0 Å².